The number of hydrogen-bond donors (Lipinski definition) is 1. The maximum absolute atomic E-state index is 5.28. The van der Waals surface area contributed by atoms with Crippen molar-refractivity contribution >= 4 is 0 Å². The van der Waals surface area contributed by atoms with E-state index in [1.807, 2.05) is 11.9 Å². The van der Waals surface area contributed by atoms with E-state index in [1.165, 1.54) is 0 Å². The Hall–Kier alpha value is -0.860. The molecule has 0 aromatic carbocycles. The van der Waals surface area contributed by atoms with Crippen LogP contribution in [0.4, 0.5) is 0 Å². The van der Waals surface area contributed by atoms with Gasteiger partial charge in [0.1, 0.15) is 12.5 Å². The quantitative estimate of drug-likeness (QED) is 0.433. The first kappa shape index (κ1) is 4.30. The van der Waals surface area contributed by atoms with E-state index >= 15 is 0 Å². The van der Waals surface area contributed by atoms with Crippen molar-refractivity contribution in [3.05, 3.63) is 12.0 Å². The smallest absolute Gasteiger partial charge is 0.136 e. The Kier molecular flexibility index (Phi) is 0.817. The van der Waals surface area contributed by atoms with Crippen molar-refractivity contribution in [3.63, 3.8) is 0 Å². The van der Waals surface area contributed by atoms with E-state index < -0.39 is 0 Å². The predicted molar refractivity (Wildman–Crippen MR) is 27.0 cm³/mol. The largest absolute Gasteiger partial charge is 0.383 e. The predicted octanol–water partition coefficient (Wildman–Crippen LogP) is -0.749. The van der Waals surface area contributed by atoms with Gasteiger partial charge >= 0.3 is 0 Å². The molecule has 1 heterocycles. The first-order valence-electron chi connectivity index (χ1n) is 2.14. The summed E-state index contributed by atoms with van der Waals surface area (Å²) < 4.78 is 0. The Bertz CT molecular complexity index is 97.1. The molecule has 0 bridgehead atoms. The van der Waals surface area contributed by atoms with Crippen LogP contribution in [0.5, 0.6) is 0 Å². The van der Waals surface area contributed by atoms with E-state index in [9.17, 15) is 0 Å². The van der Waals surface area contributed by atoms with Crippen molar-refractivity contribution in [2.24, 2.45) is 5.73 Å². The fraction of sp³-hybridized carbons (Fsp3) is 0.500. The number of rotatable bonds is 0. The van der Waals surface area contributed by atoms with Crippen molar-refractivity contribution in [1.29, 1.82) is 0 Å². The fourth-order valence-electron chi connectivity index (χ4n) is 0.501. The average molecular weight is 98.1 g/mol. The van der Waals surface area contributed by atoms with Crippen LogP contribution in [0, 0.1) is 0 Å². The molecule has 3 nitrogen and oxygen atoms in total. The second-order valence-corrected chi connectivity index (χ2v) is 1.61. The van der Waals surface area contributed by atoms with Gasteiger partial charge in [0, 0.05) is 13.2 Å². The maximum atomic E-state index is 5.28. The fourth-order valence-corrected chi connectivity index (χ4v) is 0.501. The minimum Gasteiger partial charge on any atom is -0.383 e. The summed E-state index contributed by atoms with van der Waals surface area (Å²) in [6.45, 7) is 0.714. The third kappa shape index (κ3) is 0.765. The van der Waals surface area contributed by atoms with Gasteiger partial charge in [0.05, 0.1) is 0 Å². The van der Waals surface area contributed by atoms with Crippen LogP contribution in [0.25, 0.3) is 0 Å². The zero-order chi connectivity index (χ0) is 5.28. The summed E-state index contributed by atoms with van der Waals surface area (Å²) in [4.78, 5) is 1.93. The first-order chi connectivity index (χ1) is 3.29. The Morgan fingerprint density at radius 1 is 2.00 bits per heavy atom. The van der Waals surface area contributed by atoms with Crippen molar-refractivity contribution in [3.8, 4) is 0 Å². The zero-order valence-corrected chi connectivity index (χ0v) is 4.26. The molecule has 0 aromatic heterocycles. The molecule has 0 amide bonds. The molecule has 0 unspecified atom stereocenters. The van der Waals surface area contributed by atoms with Crippen molar-refractivity contribution in [2.45, 2.75) is 0 Å². The standard InChI is InChI=1S/C4H8N3/c1-7-2-4(5)6-3-7/h2H,3,5H2,1H3. The van der Waals surface area contributed by atoms with Crippen LogP contribution in [-0.4, -0.2) is 18.6 Å². The van der Waals surface area contributed by atoms with Crippen LogP contribution < -0.4 is 11.1 Å². The third-order valence-electron chi connectivity index (χ3n) is 0.829. The Labute approximate surface area is 42.8 Å². The molecule has 0 atom stereocenters. The SMILES string of the molecule is CN1C=C(N)[N]C1. The van der Waals surface area contributed by atoms with Crippen LogP contribution in [0.3, 0.4) is 0 Å². The summed E-state index contributed by atoms with van der Waals surface area (Å²) in [5, 5.41) is 3.88. The molecule has 0 spiro atoms. The van der Waals surface area contributed by atoms with Gasteiger partial charge in [-0.05, 0) is 0 Å². The molecule has 0 aromatic rings. The normalized spacial score (nSPS) is 19.0. The van der Waals surface area contributed by atoms with Crippen LogP contribution in [0.2, 0.25) is 0 Å². The number of nitrogens with zero attached hydrogens (tertiary/aromatic N) is 2. The minimum absolute atomic E-state index is 0.627. The van der Waals surface area contributed by atoms with Gasteiger partial charge in [-0.3, -0.25) is 0 Å². The molecule has 7 heavy (non-hydrogen) atoms. The third-order valence-corrected chi connectivity index (χ3v) is 0.829. The van der Waals surface area contributed by atoms with E-state index in [0.717, 1.165) is 0 Å². The van der Waals surface area contributed by atoms with Crippen molar-refractivity contribution in [1.82, 2.24) is 10.2 Å². The van der Waals surface area contributed by atoms with E-state index in [4.69, 9.17) is 5.73 Å². The van der Waals surface area contributed by atoms with E-state index in [1.54, 1.807) is 6.20 Å². The molecule has 1 aliphatic rings. The topological polar surface area (TPSA) is 43.4 Å². The summed E-state index contributed by atoms with van der Waals surface area (Å²) >= 11 is 0. The highest BCUT2D eigenvalue weighted by Gasteiger charge is 2.02. The molecule has 3 heteroatoms. The van der Waals surface area contributed by atoms with E-state index in [-0.39, 0.29) is 0 Å². The monoisotopic (exact) mass is 98.1 g/mol. The summed E-state index contributed by atoms with van der Waals surface area (Å²) in [5.41, 5.74) is 5.28. The van der Waals surface area contributed by atoms with Crippen LogP contribution in [0.1, 0.15) is 0 Å². The lowest BCUT2D eigenvalue weighted by Gasteiger charge is -2.00. The Morgan fingerprint density at radius 2 is 2.71 bits per heavy atom. The molecule has 0 aliphatic carbocycles. The summed E-state index contributed by atoms with van der Waals surface area (Å²) in [7, 11) is 1.93. The van der Waals surface area contributed by atoms with Gasteiger partial charge in [-0.1, -0.05) is 0 Å². The molecule has 2 N–H and O–H groups in total. The van der Waals surface area contributed by atoms with Crippen LogP contribution in [0.15, 0.2) is 12.0 Å². The molecular formula is C4H8N3. The maximum Gasteiger partial charge on any atom is 0.136 e. The van der Waals surface area contributed by atoms with Gasteiger partial charge in [-0.2, -0.15) is 0 Å². The van der Waals surface area contributed by atoms with Gasteiger partial charge in [0.25, 0.3) is 0 Å². The molecular weight excluding hydrogens is 90.1 g/mol. The highest BCUT2D eigenvalue weighted by Crippen LogP contribution is 1.93. The number of hydrogen-bond acceptors (Lipinski definition) is 2. The molecule has 1 radical (unpaired) electrons. The summed E-state index contributed by atoms with van der Waals surface area (Å²) in [6.07, 6.45) is 1.81. The summed E-state index contributed by atoms with van der Waals surface area (Å²) in [5.74, 6) is 0.627. The first-order valence-corrected chi connectivity index (χ1v) is 2.14. The van der Waals surface area contributed by atoms with Gasteiger partial charge in [-0.25, -0.2) is 5.32 Å². The van der Waals surface area contributed by atoms with Gasteiger partial charge in [0.2, 0.25) is 0 Å². The molecule has 0 saturated heterocycles. The molecule has 39 valence electrons. The Balaban J connectivity index is 2.50. The van der Waals surface area contributed by atoms with Crippen LogP contribution in [-0.2, 0) is 0 Å². The minimum atomic E-state index is 0.627. The lowest BCUT2D eigenvalue weighted by atomic mass is 10.8. The highest BCUT2D eigenvalue weighted by molar-refractivity contribution is 4.97. The lowest BCUT2D eigenvalue weighted by Crippen LogP contribution is -2.12. The lowest BCUT2D eigenvalue weighted by molar-refractivity contribution is 0.469. The van der Waals surface area contributed by atoms with Crippen LogP contribution >= 0.6 is 0 Å². The molecule has 0 saturated carbocycles. The van der Waals surface area contributed by atoms with Crippen molar-refractivity contribution < 1.29 is 0 Å². The van der Waals surface area contributed by atoms with Crippen molar-refractivity contribution in [2.75, 3.05) is 13.7 Å². The van der Waals surface area contributed by atoms with Gasteiger partial charge in [-0.15, -0.1) is 0 Å². The second kappa shape index (κ2) is 1.33. The Morgan fingerprint density at radius 3 is 2.86 bits per heavy atom. The van der Waals surface area contributed by atoms with E-state index in [0.29, 0.717) is 12.5 Å². The van der Waals surface area contributed by atoms with E-state index in [2.05, 4.69) is 5.32 Å². The molecule has 1 aliphatic heterocycles. The zero-order valence-electron chi connectivity index (χ0n) is 4.26. The second-order valence-electron chi connectivity index (χ2n) is 1.61. The molecule has 1 rings (SSSR count). The summed E-state index contributed by atoms with van der Waals surface area (Å²) in [6, 6.07) is 0. The number of nitrogens with two attached hydrogens (primary N) is 1. The van der Waals surface area contributed by atoms with Gasteiger partial charge in [0.15, 0.2) is 0 Å². The van der Waals surface area contributed by atoms with Gasteiger partial charge < -0.3 is 10.6 Å². The average Bonchev–Trinajstić information content (AvgIpc) is 1.87. The molecule has 0 fully saturated rings. The highest BCUT2D eigenvalue weighted by atomic mass is 15.3.